The topological polar surface area (TPSA) is 33.0 Å². The molecular formula is C38H29N4OPt-3. The molecule has 0 fully saturated rings. The van der Waals surface area contributed by atoms with E-state index in [0.29, 0.717) is 11.5 Å². The Hall–Kier alpha value is -4.60. The van der Waals surface area contributed by atoms with Gasteiger partial charge in [0.2, 0.25) is 0 Å². The van der Waals surface area contributed by atoms with Gasteiger partial charge in [0.05, 0.1) is 11.3 Å². The third-order valence-corrected chi connectivity index (χ3v) is 8.28. The van der Waals surface area contributed by atoms with Gasteiger partial charge in [-0.15, -0.1) is 36.0 Å². The van der Waals surface area contributed by atoms with Crippen molar-refractivity contribution in [1.29, 1.82) is 0 Å². The molecule has 0 saturated heterocycles. The molecule has 0 atom stereocenters. The fourth-order valence-corrected chi connectivity index (χ4v) is 6.50. The number of para-hydroxylation sites is 3. The summed E-state index contributed by atoms with van der Waals surface area (Å²) in [5, 5.41) is 3.16. The van der Waals surface area contributed by atoms with Crippen molar-refractivity contribution in [2.75, 3.05) is 16.8 Å². The van der Waals surface area contributed by atoms with E-state index in [-0.39, 0.29) is 21.1 Å². The molecule has 220 valence electrons. The average molecular weight is 753 g/mol. The Bertz CT molecular complexity index is 2200. The van der Waals surface area contributed by atoms with Crippen molar-refractivity contribution >= 4 is 44.4 Å². The summed E-state index contributed by atoms with van der Waals surface area (Å²) in [5.41, 5.74) is 11.0. The minimum Gasteiger partial charge on any atom is -0.504 e. The first-order chi connectivity index (χ1) is 20.9. The summed E-state index contributed by atoms with van der Waals surface area (Å²) in [7, 11) is 2.05. The fraction of sp³-hybridized carbons (Fsp3) is 0.105. The Balaban J connectivity index is 0.00000312. The van der Waals surface area contributed by atoms with Gasteiger partial charge in [-0.2, -0.15) is 12.7 Å². The van der Waals surface area contributed by atoms with E-state index >= 15 is 0 Å². The molecule has 0 saturated carbocycles. The number of ether oxygens (including phenoxy) is 1. The Kier molecular flexibility index (Phi) is 6.94. The Morgan fingerprint density at radius 2 is 1.48 bits per heavy atom. The van der Waals surface area contributed by atoms with Crippen LogP contribution in [-0.4, -0.2) is 16.4 Å². The largest absolute Gasteiger partial charge is 0.504 e. The molecule has 2 aromatic heterocycles. The van der Waals surface area contributed by atoms with Crippen LogP contribution in [-0.2, 0) is 21.1 Å². The van der Waals surface area contributed by atoms with Crippen LogP contribution >= 0.6 is 0 Å². The summed E-state index contributed by atoms with van der Waals surface area (Å²) in [4.78, 5) is 9.45. The Morgan fingerprint density at radius 1 is 0.750 bits per heavy atom. The molecule has 0 amide bonds. The van der Waals surface area contributed by atoms with Crippen LogP contribution in [0.5, 0.6) is 11.5 Å². The van der Waals surface area contributed by atoms with Gasteiger partial charge in [-0.05, 0) is 62.5 Å². The van der Waals surface area contributed by atoms with Gasteiger partial charge in [-0.25, -0.2) is 0 Å². The maximum Gasteiger partial charge on any atom is 0.0777 e. The molecule has 5 nitrogen and oxygen atoms in total. The van der Waals surface area contributed by atoms with Crippen molar-refractivity contribution in [3.05, 3.63) is 133 Å². The molecule has 0 bridgehead atoms. The summed E-state index contributed by atoms with van der Waals surface area (Å²) in [6.07, 6.45) is 2.15. The summed E-state index contributed by atoms with van der Waals surface area (Å²) < 4.78 is 8.59. The van der Waals surface area contributed by atoms with Gasteiger partial charge in [0.25, 0.3) is 0 Å². The molecule has 5 aromatic carbocycles. The van der Waals surface area contributed by atoms with Crippen LogP contribution in [0.4, 0.5) is 17.1 Å². The van der Waals surface area contributed by atoms with E-state index in [1.807, 2.05) is 24.3 Å². The Morgan fingerprint density at radius 3 is 2.30 bits per heavy atom. The second kappa shape index (κ2) is 10.8. The van der Waals surface area contributed by atoms with Gasteiger partial charge in [0.1, 0.15) is 0 Å². The minimum atomic E-state index is 0. The molecule has 3 heterocycles. The van der Waals surface area contributed by atoms with Crippen LogP contribution in [0.25, 0.3) is 38.6 Å². The molecule has 0 aliphatic carbocycles. The van der Waals surface area contributed by atoms with Crippen molar-refractivity contribution in [2.45, 2.75) is 20.8 Å². The third kappa shape index (κ3) is 4.55. The van der Waals surface area contributed by atoms with Gasteiger partial charge in [0.15, 0.2) is 0 Å². The fourth-order valence-electron chi connectivity index (χ4n) is 6.50. The first kappa shape index (κ1) is 28.2. The second-order valence-corrected chi connectivity index (χ2v) is 11.3. The minimum absolute atomic E-state index is 0. The number of nitrogens with zero attached hydrogens (tertiary/aromatic N) is 4. The molecule has 1 aliphatic heterocycles. The van der Waals surface area contributed by atoms with Crippen LogP contribution in [0.3, 0.4) is 0 Å². The maximum absolute atomic E-state index is 6.40. The van der Waals surface area contributed by atoms with Crippen molar-refractivity contribution in [3.63, 3.8) is 0 Å². The monoisotopic (exact) mass is 752 g/mol. The number of hydrogen-bond acceptors (Lipinski definition) is 4. The molecule has 8 rings (SSSR count). The van der Waals surface area contributed by atoms with Gasteiger partial charge >= 0.3 is 0 Å². The SMILES string of the molecule is Cc1cc(C)c(-c2cn3c4ccccc4c4ccc(Oc5[c-]c(N6[CH-]N(C)c7ccccc76)ccc5)[c-]c4c3n2)c(C)c1.[Pt]. The summed E-state index contributed by atoms with van der Waals surface area (Å²) in [6, 6.07) is 38.3. The van der Waals surface area contributed by atoms with E-state index in [1.54, 1.807) is 0 Å². The van der Waals surface area contributed by atoms with Crippen molar-refractivity contribution < 1.29 is 25.8 Å². The molecule has 1 aliphatic rings. The number of imidazole rings is 1. The quantitative estimate of drug-likeness (QED) is 0.133. The molecule has 0 N–H and O–H groups in total. The average Bonchev–Trinajstić information content (AvgIpc) is 3.59. The maximum atomic E-state index is 6.40. The summed E-state index contributed by atoms with van der Waals surface area (Å²) in [5.74, 6) is 1.24. The predicted molar refractivity (Wildman–Crippen MR) is 175 cm³/mol. The number of anilines is 3. The molecular weight excluding hydrogens is 724 g/mol. The van der Waals surface area contributed by atoms with Crippen LogP contribution in [0.15, 0.2) is 97.2 Å². The van der Waals surface area contributed by atoms with Gasteiger partial charge in [-0.1, -0.05) is 64.9 Å². The van der Waals surface area contributed by atoms with E-state index in [0.717, 1.165) is 50.1 Å². The van der Waals surface area contributed by atoms with E-state index in [1.165, 1.54) is 22.3 Å². The number of pyridine rings is 1. The number of aryl methyl sites for hydroxylation is 3. The first-order valence-electron chi connectivity index (χ1n) is 14.4. The zero-order valence-electron chi connectivity index (χ0n) is 24.8. The van der Waals surface area contributed by atoms with Crippen molar-refractivity contribution in [2.24, 2.45) is 0 Å². The number of rotatable bonds is 4. The first-order valence-corrected chi connectivity index (χ1v) is 14.4. The Labute approximate surface area is 271 Å². The van der Waals surface area contributed by atoms with Crippen molar-refractivity contribution in [3.8, 4) is 22.8 Å². The van der Waals surface area contributed by atoms with E-state index in [4.69, 9.17) is 9.72 Å². The zero-order chi connectivity index (χ0) is 29.2. The van der Waals surface area contributed by atoms with Gasteiger partial charge < -0.3 is 18.9 Å². The predicted octanol–water partition coefficient (Wildman–Crippen LogP) is 9.33. The van der Waals surface area contributed by atoms with Crippen LogP contribution < -0.4 is 14.5 Å². The summed E-state index contributed by atoms with van der Waals surface area (Å²) in [6.45, 7) is 8.53. The molecule has 7 aromatic rings. The third-order valence-electron chi connectivity index (χ3n) is 8.28. The van der Waals surface area contributed by atoms with Gasteiger partial charge in [0, 0.05) is 61.2 Å². The van der Waals surface area contributed by atoms with Crippen LogP contribution in [0.1, 0.15) is 16.7 Å². The van der Waals surface area contributed by atoms with E-state index < -0.39 is 0 Å². The van der Waals surface area contributed by atoms with Gasteiger partial charge in [-0.3, -0.25) is 4.98 Å². The molecule has 0 spiro atoms. The molecule has 0 unspecified atom stereocenters. The second-order valence-electron chi connectivity index (χ2n) is 11.3. The van der Waals surface area contributed by atoms with E-state index in [9.17, 15) is 0 Å². The van der Waals surface area contributed by atoms with Crippen LogP contribution in [0.2, 0.25) is 0 Å². The summed E-state index contributed by atoms with van der Waals surface area (Å²) >= 11 is 0. The number of aromatic nitrogens is 2. The van der Waals surface area contributed by atoms with Crippen LogP contribution in [0, 0.1) is 39.6 Å². The van der Waals surface area contributed by atoms with Crippen molar-refractivity contribution in [1.82, 2.24) is 9.38 Å². The number of benzene rings is 5. The zero-order valence-corrected chi connectivity index (χ0v) is 27.1. The van der Waals surface area contributed by atoms with E-state index in [2.05, 4.69) is 134 Å². The standard InChI is InChI=1S/C38H29N4O.Pt/c1-24-18-25(2)37(26(3)19-24)33-22-41-34-13-6-5-12-31(34)30-17-16-29(21-32(30)38(41)39-33)43-28-11-9-10-27(20-28)42-23-40(4)35-14-7-8-15-36(35)42;/h5-19,22-23H,1-4H3;/q-3;. The number of hydrogen-bond donors (Lipinski definition) is 0. The molecule has 0 radical (unpaired) electrons. The smallest absolute Gasteiger partial charge is 0.0777 e. The normalized spacial score (nSPS) is 12.6. The molecule has 6 heteroatoms. The number of fused-ring (bicyclic) bond motifs is 7. The molecule has 44 heavy (non-hydrogen) atoms.